The molecule has 2 unspecified atom stereocenters. The number of benzene rings is 1. The molecule has 0 radical (unpaired) electrons. The molecule has 2 aliphatic rings. The summed E-state index contributed by atoms with van der Waals surface area (Å²) in [4.78, 5) is 2.52. The van der Waals surface area contributed by atoms with Crippen molar-refractivity contribution in [1.29, 1.82) is 0 Å². The minimum atomic E-state index is 0.641. The molecule has 5 heteroatoms. The lowest BCUT2D eigenvalue weighted by molar-refractivity contribution is 0.250. The molecule has 1 aromatic carbocycles. The Morgan fingerprint density at radius 3 is 2.87 bits per heavy atom. The fourth-order valence-electron chi connectivity index (χ4n) is 3.63. The van der Waals surface area contributed by atoms with E-state index in [1.54, 1.807) is 7.11 Å². The third-order valence-corrected chi connectivity index (χ3v) is 5.03. The number of hydrogen-bond acceptors (Lipinski definition) is 4. The van der Waals surface area contributed by atoms with Gasteiger partial charge in [0.15, 0.2) is 11.5 Å². The van der Waals surface area contributed by atoms with Gasteiger partial charge < -0.3 is 14.8 Å². The Kier molecular flexibility index (Phi) is 5.67. The van der Waals surface area contributed by atoms with Crippen LogP contribution in [-0.4, -0.2) is 43.8 Å². The molecule has 2 atom stereocenters. The van der Waals surface area contributed by atoms with Crippen molar-refractivity contribution in [3.05, 3.63) is 22.7 Å². The molecule has 2 heterocycles. The molecule has 128 valence electrons. The molecule has 0 amide bonds. The van der Waals surface area contributed by atoms with Crippen molar-refractivity contribution in [3.63, 3.8) is 0 Å². The fraction of sp³-hybridized carbons (Fsp3) is 0.667. The normalized spacial score (nSPS) is 24.5. The van der Waals surface area contributed by atoms with Crippen LogP contribution in [-0.2, 0) is 6.54 Å². The van der Waals surface area contributed by atoms with Gasteiger partial charge >= 0.3 is 0 Å². The molecule has 2 saturated heterocycles. The van der Waals surface area contributed by atoms with Crippen LogP contribution in [0.2, 0.25) is 5.02 Å². The predicted octanol–water partition coefficient (Wildman–Crippen LogP) is 3.46. The molecule has 0 saturated carbocycles. The maximum atomic E-state index is 6.43. The van der Waals surface area contributed by atoms with Crippen molar-refractivity contribution in [1.82, 2.24) is 10.2 Å². The topological polar surface area (TPSA) is 33.7 Å². The van der Waals surface area contributed by atoms with Crippen molar-refractivity contribution in [2.24, 2.45) is 0 Å². The van der Waals surface area contributed by atoms with E-state index in [-0.39, 0.29) is 0 Å². The summed E-state index contributed by atoms with van der Waals surface area (Å²) in [7, 11) is 1.67. The van der Waals surface area contributed by atoms with Crippen LogP contribution in [0, 0.1) is 0 Å². The zero-order valence-electron chi connectivity index (χ0n) is 14.1. The number of nitrogens with zero attached hydrogens (tertiary/aromatic N) is 1. The van der Waals surface area contributed by atoms with Crippen molar-refractivity contribution in [2.75, 3.05) is 26.8 Å². The standard InChI is InChI=1S/C18H27ClN2O2/c1-3-8-23-18-16(19)9-13(10-17(18)22-2)11-21-7-6-14-4-5-15(12-21)20-14/h9-10,14-15,20H,3-8,11-12H2,1-2H3. The third kappa shape index (κ3) is 4.11. The smallest absolute Gasteiger partial charge is 0.179 e. The Labute approximate surface area is 144 Å². The molecule has 3 rings (SSSR count). The third-order valence-electron chi connectivity index (χ3n) is 4.75. The van der Waals surface area contributed by atoms with Gasteiger partial charge in [-0.1, -0.05) is 18.5 Å². The van der Waals surface area contributed by atoms with E-state index in [9.17, 15) is 0 Å². The number of likely N-dealkylation sites (tertiary alicyclic amines) is 1. The van der Waals surface area contributed by atoms with E-state index in [1.807, 2.05) is 6.07 Å². The summed E-state index contributed by atoms with van der Waals surface area (Å²) in [5.41, 5.74) is 1.19. The molecule has 4 nitrogen and oxygen atoms in total. The van der Waals surface area contributed by atoms with Gasteiger partial charge in [0.05, 0.1) is 18.7 Å². The average Bonchev–Trinajstić information content (AvgIpc) is 2.88. The van der Waals surface area contributed by atoms with Gasteiger partial charge in [-0.25, -0.2) is 0 Å². The van der Waals surface area contributed by atoms with Crippen molar-refractivity contribution < 1.29 is 9.47 Å². The van der Waals surface area contributed by atoms with Crippen LogP contribution in [0.4, 0.5) is 0 Å². The molecule has 0 aromatic heterocycles. The highest BCUT2D eigenvalue weighted by molar-refractivity contribution is 6.32. The molecule has 2 fully saturated rings. The van der Waals surface area contributed by atoms with E-state index in [0.717, 1.165) is 31.8 Å². The summed E-state index contributed by atoms with van der Waals surface area (Å²) >= 11 is 6.43. The highest BCUT2D eigenvalue weighted by atomic mass is 35.5. The first-order valence-electron chi connectivity index (χ1n) is 8.67. The van der Waals surface area contributed by atoms with E-state index in [1.165, 1.54) is 24.8 Å². The van der Waals surface area contributed by atoms with Gasteiger partial charge in [-0.2, -0.15) is 0 Å². The maximum Gasteiger partial charge on any atom is 0.179 e. The van der Waals surface area contributed by atoms with Crippen LogP contribution in [0.15, 0.2) is 12.1 Å². The summed E-state index contributed by atoms with van der Waals surface area (Å²) in [6.45, 7) is 5.90. The zero-order chi connectivity index (χ0) is 16.2. The lowest BCUT2D eigenvalue weighted by atomic mass is 10.1. The Bertz CT molecular complexity index is 538. The van der Waals surface area contributed by atoms with Crippen molar-refractivity contribution in [3.8, 4) is 11.5 Å². The van der Waals surface area contributed by atoms with E-state index in [2.05, 4.69) is 23.2 Å². The van der Waals surface area contributed by atoms with E-state index >= 15 is 0 Å². The molecule has 23 heavy (non-hydrogen) atoms. The summed E-state index contributed by atoms with van der Waals surface area (Å²) in [6.07, 6.45) is 4.82. The molecule has 1 N–H and O–H groups in total. The second-order valence-corrected chi connectivity index (χ2v) is 7.03. The number of halogens is 1. The van der Waals surface area contributed by atoms with Crippen LogP contribution in [0.1, 0.15) is 38.2 Å². The van der Waals surface area contributed by atoms with E-state index in [0.29, 0.717) is 29.5 Å². The highest BCUT2D eigenvalue weighted by Crippen LogP contribution is 2.37. The molecule has 2 bridgehead atoms. The number of rotatable bonds is 6. The molecular weight excluding hydrogens is 312 g/mol. The van der Waals surface area contributed by atoms with Crippen molar-refractivity contribution in [2.45, 2.75) is 51.2 Å². The predicted molar refractivity (Wildman–Crippen MR) is 93.6 cm³/mol. The number of fused-ring (bicyclic) bond motifs is 2. The lowest BCUT2D eigenvalue weighted by Crippen LogP contribution is -2.34. The minimum absolute atomic E-state index is 0.641. The van der Waals surface area contributed by atoms with Crippen LogP contribution < -0.4 is 14.8 Å². The monoisotopic (exact) mass is 338 g/mol. The van der Waals surface area contributed by atoms with Crippen LogP contribution in [0.5, 0.6) is 11.5 Å². The number of nitrogens with one attached hydrogen (secondary N) is 1. The molecule has 2 aliphatic heterocycles. The quantitative estimate of drug-likeness (QED) is 0.861. The summed E-state index contributed by atoms with van der Waals surface area (Å²) < 4.78 is 11.2. The minimum Gasteiger partial charge on any atom is -0.493 e. The maximum absolute atomic E-state index is 6.43. The second-order valence-electron chi connectivity index (χ2n) is 6.62. The number of methoxy groups -OCH3 is 1. The summed E-state index contributed by atoms with van der Waals surface area (Å²) in [5, 5.41) is 4.36. The SMILES string of the molecule is CCCOc1c(Cl)cc(CN2CCC3CCC(C2)N3)cc1OC. The molecule has 0 spiro atoms. The van der Waals surface area contributed by atoms with Gasteiger partial charge in [-0.05, 0) is 43.4 Å². The van der Waals surface area contributed by atoms with Gasteiger partial charge in [-0.3, -0.25) is 4.90 Å². The molecule has 1 aromatic rings. The Morgan fingerprint density at radius 2 is 2.09 bits per heavy atom. The Morgan fingerprint density at radius 1 is 1.26 bits per heavy atom. The number of hydrogen-bond donors (Lipinski definition) is 1. The van der Waals surface area contributed by atoms with Crippen molar-refractivity contribution >= 4 is 11.6 Å². The van der Waals surface area contributed by atoms with E-state index in [4.69, 9.17) is 21.1 Å². The molecule has 0 aliphatic carbocycles. The highest BCUT2D eigenvalue weighted by Gasteiger charge is 2.29. The lowest BCUT2D eigenvalue weighted by Gasteiger charge is -2.24. The molecular formula is C18H27ClN2O2. The summed E-state index contributed by atoms with van der Waals surface area (Å²) in [6, 6.07) is 5.44. The van der Waals surface area contributed by atoms with Crippen LogP contribution >= 0.6 is 11.6 Å². The van der Waals surface area contributed by atoms with Crippen LogP contribution in [0.3, 0.4) is 0 Å². The fourth-order valence-corrected chi connectivity index (χ4v) is 3.91. The largest absolute Gasteiger partial charge is 0.493 e. The first kappa shape index (κ1) is 16.9. The van der Waals surface area contributed by atoms with E-state index < -0.39 is 0 Å². The Hall–Kier alpha value is -0.970. The average molecular weight is 339 g/mol. The van der Waals surface area contributed by atoms with Gasteiger partial charge in [-0.15, -0.1) is 0 Å². The second kappa shape index (κ2) is 7.73. The van der Waals surface area contributed by atoms with Gasteiger partial charge in [0.25, 0.3) is 0 Å². The first-order valence-corrected chi connectivity index (χ1v) is 9.05. The summed E-state index contributed by atoms with van der Waals surface area (Å²) in [5.74, 6) is 1.40. The van der Waals surface area contributed by atoms with Crippen LogP contribution in [0.25, 0.3) is 0 Å². The van der Waals surface area contributed by atoms with Gasteiger partial charge in [0.2, 0.25) is 0 Å². The zero-order valence-corrected chi connectivity index (χ0v) is 14.9. The number of ether oxygens (including phenoxy) is 2. The first-order chi connectivity index (χ1) is 11.2. The van der Waals surface area contributed by atoms with Gasteiger partial charge in [0.1, 0.15) is 0 Å². The van der Waals surface area contributed by atoms with Gasteiger partial charge in [0, 0.05) is 31.7 Å². The Balaban J connectivity index is 1.71.